The Bertz CT molecular complexity index is 557. The Balaban J connectivity index is 2.28. The van der Waals surface area contributed by atoms with E-state index in [1.165, 1.54) is 17.8 Å². The highest BCUT2D eigenvalue weighted by atomic mass is 35.5. The molecule has 1 unspecified atom stereocenters. The molecular formula is C14H12ClFOS. The van der Waals surface area contributed by atoms with Crippen molar-refractivity contribution in [2.75, 3.05) is 0 Å². The summed E-state index contributed by atoms with van der Waals surface area (Å²) in [5, 5.41) is 9.96. The molecule has 0 spiro atoms. The summed E-state index contributed by atoms with van der Waals surface area (Å²) < 4.78 is 13.5. The Labute approximate surface area is 115 Å². The van der Waals surface area contributed by atoms with E-state index in [4.69, 9.17) is 11.6 Å². The molecule has 2 aromatic carbocycles. The molecule has 0 aliphatic carbocycles. The van der Waals surface area contributed by atoms with Crippen LogP contribution in [0.25, 0.3) is 0 Å². The fraction of sp³-hybridized carbons (Fsp3) is 0.143. The van der Waals surface area contributed by atoms with E-state index in [1.54, 1.807) is 43.3 Å². The molecular weight excluding hydrogens is 271 g/mol. The molecule has 4 heteroatoms. The minimum absolute atomic E-state index is 0.266. The number of hydrogen-bond donors (Lipinski definition) is 1. The third-order valence-corrected chi connectivity index (χ3v) is 4.05. The summed E-state index contributed by atoms with van der Waals surface area (Å²) in [6.45, 7) is 1.68. The lowest BCUT2D eigenvalue weighted by Gasteiger charge is -2.09. The van der Waals surface area contributed by atoms with Crippen LogP contribution in [-0.2, 0) is 0 Å². The van der Waals surface area contributed by atoms with Crippen molar-refractivity contribution in [3.05, 3.63) is 58.9 Å². The van der Waals surface area contributed by atoms with Crippen molar-refractivity contribution in [1.29, 1.82) is 0 Å². The van der Waals surface area contributed by atoms with E-state index in [9.17, 15) is 9.50 Å². The third-order valence-electron chi connectivity index (χ3n) is 2.49. The number of benzene rings is 2. The van der Waals surface area contributed by atoms with Crippen molar-refractivity contribution in [3.63, 3.8) is 0 Å². The van der Waals surface area contributed by atoms with Crippen LogP contribution in [0.4, 0.5) is 4.39 Å². The van der Waals surface area contributed by atoms with Crippen LogP contribution in [0.2, 0.25) is 5.02 Å². The lowest BCUT2D eigenvalue weighted by molar-refractivity contribution is 0.199. The summed E-state index contributed by atoms with van der Waals surface area (Å²) >= 11 is 7.39. The third kappa shape index (κ3) is 3.05. The van der Waals surface area contributed by atoms with Gasteiger partial charge in [-0.1, -0.05) is 41.6 Å². The highest BCUT2D eigenvalue weighted by Crippen LogP contribution is 2.35. The van der Waals surface area contributed by atoms with Gasteiger partial charge >= 0.3 is 0 Å². The van der Waals surface area contributed by atoms with Crippen LogP contribution in [0.1, 0.15) is 18.6 Å². The summed E-state index contributed by atoms with van der Waals surface area (Å²) in [4.78, 5) is 1.30. The molecule has 18 heavy (non-hydrogen) atoms. The molecule has 0 heterocycles. The molecule has 0 aliphatic heterocycles. The second-order valence-electron chi connectivity index (χ2n) is 3.90. The predicted octanol–water partition coefficient (Wildman–Crippen LogP) is 4.68. The maximum atomic E-state index is 13.5. The Morgan fingerprint density at radius 2 is 1.89 bits per heavy atom. The Morgan fingerprint density at radius 3 is 2.50 bits per heavy atom. The van der Waals surface area contributed by atoms with Crippen molar-refractivity contribution < 1.29 is 9.50 Å². The minimum Gasteiger partial charge on any atom is -0.389 e. The first kappa shape index (κ1) is 13.4. The molecule has 94 valence electrons. The van der Waals surface area contributed by atoms with Gasteiger partial charge in [0.15, 0.2) is 0 Å². The number of aliphatic hydroxyl groups excluding tert-OH is 1. The average Bonchev–Trinajstić information content (AvgIpc) is 2.34. The monoisotopic (exact) mass is 282 g/mol. The lowest BCUT2D eigenvalue weighted by atomic mass is 10.1. The van der Waals surface area contributed by atoms with Crippen molar-refractivity contribution >= 4 is 23.4 Å². The molecule has 2 aromatic rings. The molecule has 0 bridgehead atoms. The molecule has 0 saturated heterocycles. The van der Waals surface area contributed by atoms with Gasteiger partial charge in [-0.25, -0.2) is 4.39 Å². The van der Waals surface area contributed by atoms with Gasteiger partial charge in [0.1, 0.15) is 5.82 Å². The second-order valence-corrected chi connectivity index (χ2v) is 5.39. The standard InChI is InChI=1S/C14H12ClFOS/c1-9(17)10-6-7-13(11(15)8-10)18-14-5-3-2-4-12(14)16/h2-9,17H,1H3. The summed E-state index contributed by atoms with van der Waals surface area (Å²) in [7, 11) is 0. The molecule has 0 radical (unpaired) electrons. The van der Waals surface area contributed by atoms with Gasteiger partial charge in [-0.05, 0) is 36.8 Å². The van der Waals surface area contributed by atoms with E-state index in [0.29, 0.717) is 9.92 Å². The average molecular weight is 283 g/mol. The van der Waals surface area contributed by atoms with Crippen LogP contribution >= 0.6 is 23.4 Å². The second kappa shape index (κ2) is 5.74. The van der Waals surface area contributed by atoms with Crippen LogP contribution in [0.15, 0.2) is 52.3 Å². The normalized spacial score (nSPS) is 12.4. The van der Waals surface area contributed by atoms with Crippen LogP contribution < -0.4 is 0 Å². The fourth-order valence-corrected chi connectivity index (χ4v) is 2.65. The van der Waals surface area contributed by atoms with Gasteiger partial charge in [0, 0.05) is 9.79 Å². The predicted molar refractivity (Wildman–Crippen MR) is 72.6 cm³/mol. The van der Waals surface area contributed by atoms with E-state index in [0.717, 1.165) is 10.5 Å². The van der Waals surface area contributed by atoms with Gasteiger partial charge in [-0.15, -0.1) is 0 Å². The first-order valence-corrected chi connectivity index (χ1v) is 6.67. The van der Waals surface area contributed by atoms with Crippen molar-refractivity contribution in [3.8, 4) is 0 Å². The van der Waals surface area contributed by atoms with E-state index in [1.807, 2.05) is 0 Å². The number of halogens is 2. The molecule has 1 atom stereocenters. The lowest BCUT2D eigenvalue weighted by Crippen LogP contribution is -1.91. The SMILES string of the molecule is CC(O)c1ccc(Sc2ccccc2F)c(Cl)c1. The van der Waals surface area contributed by atoms with Crippen LogP contribution in [0.3, 0.4) is 0 Å². The van der Waals surface area contributed by atoms with Crippen molar-refractivity contribution in [2.24, 2.45) is 0 Å². The quantitative estimate of drug-likeness (QED) is 0.882. The van der Waals surface area contributed by atoms with E-state index < -0.39 is 6.10 Å². The first-order chi connectivity index (χ1) is 8.58. The Hall–Kier alpha value is -1.03. The number of aliphatic hydroxyl groups is 1. The zero-order chi connectivity index (χ0) is 13.1. The summed E-state index contributed by atoms with van der Waals surface area (Å²) in [5.41, 5.74) is 0.748. The fourth-order valence-electron chi connectivity index (χ4n) is 1.51. The summed E-state index contributed by atoms with van der Waals surface area (Å²) in [6, 6.07) is 11.8. The minimum atomic E-state index is -0.560. The van der Waals surface area contributed by atoms with Gasteiger partial charge in [0.05, 0.1) is 11.1 Å². The highest BCUT2D eigenvalue weighted by molar-refractivity contribution is 7.99. The smallest absolute Gasteiger partial charge is 0.137 e. The Kier molecular flexibility index (Phi) is 4.27. The van der Waals surface area contributed by atoms with Crippen LogP contribution in [-0.4, -0.2) is 5.11 Å². The van der Waals surface area contributed by atoms with Crippen LogP contribution in [0.5, 0.6) is 0 Å². The summed E-state index contributed by atoms with van der Waals surface area (Å²) in [5.74, 6) is -0.266. The first-order valence-electron chi connectivity index (χ1n) is 5.48. The molecule has 0 amide bonds. The van der Waals surface area contributed by atoms with Gasteiger partial charge in [-0.3, -0.25) is 0 Å². The molecule has 0 aliphatic rings. The van der Waals surface area contributed by atoms with Gasteiger partial charge in [0.25, 0.3) is 0 Å². The highest BCUT2D eigenvalue weighted by Gasteiger charge is 2.09. The number of hydrogen-bond acceptors (Lipinski definition) is 2. The molecule has 1 N–H and O–H groups in total. The van der Waals surface area contributed by atoms with E-state index in [2.05, 4.69) is 0 Å². The number of rotatable bonds is 3. The Morgan fingerprint density at radius 1 is 1.17 bits per heavy atom. The topological polar surface area (TPSA) is 20.2 Å². The van der Waals surface area contributed by atoms with E-state index in [-0.39, 0.29) is 5.82 Å². The molecule has 0 saturated carbocycles. The molecule has 2 rings (SSSR count). The zero-order valence-electron chi connectivity index (χ0n) is 9.73. The van der Waals surface area contributed by atoms with Gasteiger partial charge in [-0.2, -0.15) is 0 Å². The molecule has 0 aromatic heterocycles. The van der Waals surface area contributed by atoms with Crippen molar-refractivity contribution in [1.82, 2.24) is 0 Å². The van der Waals surface area contributed by atoms with Crippen molar-refractivity contribution in [2.45, 2.75) is 22.8 Å². The zero-order valence-corrected chi connectivity index (χ0v) is 11.3. The molecule has 0 fully saturated rings. The van der Waals surface area contributed by atoms with Gasteiger partial charge < -0.3 is 5.11 Å². The largest absolute Gasteiger partial charge is 0.389 e. The van der Waals surface area contributed by atoms with Gasteiger partial charge in [0.2, 0.25) is 0 Å². The van der Waals surface area contributed by atoms with E-state index >= 15 is 0 Å². The molecule has 1 nitrogen and oxygen atoms in total. The summed E-state index contributed by atoms with van der Waals surface area (Å²) in [6.07, 6.45) is -0.560. The van der Waals surface area contributed by atoms with Crippen LogP contribution in [0, 0.1) is 5.82 Å². The maximum absolute atomic E-state index is 13.5. The maximum Gasteiger partial charge on any atom is 0.137 e.